The molecule has 0 spiro atoms. The second-order valence-corrected chi connectivity index (χ2v) is 9.12. The molecule has 0 aromatic heterocycles. The van der Waals surface area contributed by atoms with Crippen LogP contribution in [-0.4, -0.2) is 33.2 Å². The molecule has 1 N–H and O–H groups in total. The van der Waals surface area contributed by atoms with E-state index in [0.29, 0.717) is 0 Å². The van der Waals surface area contributed by atoms with Gasteiger partial charge in [-0.3, -0.25) is 4.79 Å². The molecule has 1 atom stereocenters. The molecule has 0 radical (unpaired) electrons. The molecule has 6 nitrogen and oxygen atoms in total. The number of halogens is 1. The summed E-state index contributed by atoms with van der Waals surface area (Å²) in [4.78, 5) is 24.5. The van der Waals surface area contributed by atoms with Crippen LogP contribution in [0, 0.1) is 0 Å². The number of hydrogen-bond donors (Lipinski definition) is 1. The van der Waals surface area contributed by atoms with E-state index in [2.05, 4.69) is 5.32 Å². The first kappa shape index (κ1) is 20.4. The van der Waals surface area contributed by atoms with Crippen molar-refractivity contribution in [3.63, 3.8) is 0 Å². The summed E-state index contributed by atoms with van der Waals surface area (Å²) in [6.45, 7) is -0.475. The molecule has 148 valence electrons. The quantitative estimate of drug-likeness (QED) is 0.749. The van der Waals surface area contributed by atoms with Gasteiger partial charge in [0.15, 0.2) is 16.4 Å². The Morgan fingerprint density at radius 3 is 2.71 bits per heavy atom. The van der Waals surface area contributed by atoms with Crippen molar-refractivity contribution >= 4 is 33.3 Å². The van der Waals surface area contributed by atoms with Crippen LogP contribution in [0.2, 0.25) is 5.02 Å². The van der Waals surface area contributed by atoms with Crippen molar-refractivity contribution in [3.05, 3.63) is 64.2 Å². The topological polar surface area (TPSA) is 89.5 Å². The predicted molar refractivity (Wildman–Crippen MR) is 105 cm³/mol. The SMILES string of the molecule is CS(=O)(=O)c1ccc(Cl)c(C(=O)OCC(=O)NC2CCCc3ccccc32)c1. The van der Waals surface area contributed by atoms with E-state index in [1.54, 1.807) is 0 Å². The van der Waals surface area contributed by atoms with Crippen molar-refractivity contribution in [1.82, 2.24) is 5.32 Å². The summed E-state index contributed by atoms with van der Waals surface area (Å²) in [6, 6.07) is 11.6. The molecule has 1 aliphatic carbocycles. The molecule has 28 heavy (non-hydrogen) atoms. The van der Waals surface area contributed by atoms with Crippen molar-refractivity contribution in [2.24, 2.45) is 0 Å². The molecule has 1 amide bonds. The molecule has 0 saturated heterocycles. The minimum absolute atomic E-state index is 0.0490. The van der Waals surface area contributed by atoms with Crippen molar-refractivity contribution in [1.29, 1.82) is 0 Å². The summed E-state index contributed by atoms with van der Waals surface area (Å²) in [5.74, 6) is -1.28. The first-order valence-electron chi connectivity index (χ1n) is 8.79. The van der Waals surface area contributed by atoms with Gasteiger partial charge >= 0.3 is 5.97 Å². The second-order valence-electron chi connectivity index (χ2n) is 6.70. The summed E-state index contributed by atoms with van der Waals surface area (Å²) in [7, 11) is -3.50. The van der Waals surface area contributed by atoms with E-state index in [-0.39, 0.29) is 21.5 Å². The fourth-order valence-corrected chi connectivity index (χ4v) is 4.08. The van der Waals surface area contributed by atoms with Gasteiger partial charge in [0.25, 0.3) is 5.91 Å². The number of sulfone groups is 1. The number of carbonyl (C=O) groups excluding carboxylic acids is 2. The van der Waals surface area contributed by atoms with Gasteiger partial charge in [-0.05, 0) is 48.6 Å². The van der Waals surface area contributed by atoms with Crippen LogP contribution in [-0.2, 0) is 25.8 Å². The Bertz CT molecular complexity index is 1020. The summed E-state index contributed by atoms with van der Waals surface area (Å²) >= 11 is 5.97. The third-order valence-electron chi connectivity index (χ3n) is 4.62. The number of esters is 1. The lowest BCUT2D eigenvalue weighted by Gasteiger charge is -2.26. The van der Waals surface area contributed by atoms with Crippen LogP contribution in [0.25, 0.3) is 0 Å². The zero-order chi connectivity index (χ0) is 20.3. The van der Waals surface area contributed by atoms with E-state index in [1.165, 1.54) is 17.7 Å². The maximum absolute atomic E-state index is 12.3. The molecule has 2 aromatic carbocycles. The van der Waals surface area contributed by atoms with Crippen molar-refractivity contribution in [2.45, 2.75) is 30.2 Å². The maximum atomic E-state index is 12.3. The van der Waals surface area contributed by atoms with E-state index in [4.69, 9.17) is 16.3 Å². The molecule has 3 rings (SSSR count). The highest BCUT2D eigenvalue weighted by Gasteiger charge is 2.22. The molecule has 8 heteroatoms. The van der Waals surface area contributed by atoms with E-state index in [9.17, 15) is 18.0 Å². The molecule has 1 unspecified atom stereocenters. The predicted octanol–water partition coefficient (Wildman–Crippen LogP) is 3.09. The number of rotatable bonds is 5. The van der Waals surface area contributed by atoms with Crippen LogP contribution >= 0.6 is 11.6 Å². The number of hydrogen-bond acceptors (Lipinski definition) is 5. The molecule has 0 fully saturated rings. The Morgan fingerprint density at radius 2 is 1.96 bits per heavy atom. The average Bonchev–Trinajstić information content (AvgIpc) is 2.66. The maximum Gasteiger partial charge on any atom is 0.340 e. The fraction of sp³-hybridized carbons (Fsp3) is 0.300. The van der Waals surface area contributed by atoms with Crippen molar-refractivity contribution < 1.29 is 22.7 Å². The number of ether oxygens (including phenoxy) is 1. The molecule has 1 aliphatic rings. The lowest BCUT2D eigenvalue weighted by Crippen LogP contribution is -2.34. The van der Waals surface area contributed by atoms with Crippen LogP contribution in [0.1, 0.15) is 40.4 Å². The van der Waals surface area contributed by atoms with Gasteiger partial charge in [-0.1, -0.05) is 35.9 Å². The van der Waals surface area contributed by atoms with Crippen LogP contribution in [0.5, 0.6) is 0 Å². The summed E-state index contributed by atoms with van der Waals surface area (Å²) in [5, 5.41) is 2.94. The number of carbonyl (C=O) groups is 2. The monoisotopic (exact) mass is 421 g/mol. The smallest absolute Gasteiger partial charge is 0.340 e. The van der Waals surface area contributed by atoms with Gasteiger partial charge in [0.2, 0.25) is 0 Å². The Morgan fingerprint density at radius 1 is 1.21 bits per heavy atom. The number of amides is 1. The molecular weight excluding hydrogens is 402 g/mol. The number of benzene rings is 2. The molecule has 0 heterocycles. The Hall–Kier alpha value is -2.38. The number of nitrogens with one attached hydrogen (secondary N) is 1. The van der Waals surface area contributed by atoms with Gasteiger partial charge in [-0.25, -0.2) is 13.2 Å². The standard InChI is InChI=1S/C20H20ClNO5S/c1-28(25,26)14-9-10-17(21)16(11-14)20(24)27-12-19(23)22-18-8-4-6-13-5-2-3-7-15(13)18/h2-3,5,7,9-11,18H,4,6,8,12H2,1H3,(H,22,23). The van der Waals surface area contributed by atoms with Crippen molar-refractivity contribution in [2.75, 3.05) is 12.9 Å². The molecule has 0 aliphatic heterocycles. The van der Waals surface area contributed by atoms with Gasteiger partial charge in [-0.2, -0.15) is 0 Å². The highest BCUT2D eigenvalue weighted by molar-refractivity contribution is 7.90. The van der Waals surface area contributed by atoms with Crippen molar-refractivity contribution in [3.8, 4) is 0 Å². The van der Waals surface area contributed by atoms with E-state index < -0.39 is 28.3 Å². The first-order chi connectivity index (χ1) is 13.3. The van der Waals surface area contributed by atoms with E-state index in [1.807, 2.05) is 24.3 Å². The van der Waals surface area contributed by atoms with Gasteiger partial charge in [0.05, 0.1) is 21.5 Å². The Labute approximate surface area is 168 Å². The summed E-state index contributed by atoms with van der Waals surface area (Å²) < 4.78 is 28.3. The summed E-state index contributed by atoms with van der Waals surface area (Å²) in [5.41, 5.74) is 2.19. The molecular formula is C20H20ClNO5S. The van der Waals surface area contributed by atoms with Crippen LogP contribution < -0.4 is 5.32 Å². The minimum atomic E-state index is -3.50. The lowest BCUT2D eigenvalue weighted by atomic mass is 9.88. The normalized spacial score (nSPS) is 16.1. The third kappa shape index (κ3) is 4.72. The fourth-order valence-electron chi connectivity index (χ4n) is 3.24. The Balaban J connectivity index is 1.64. The van der Waals surface area contributed by atoms with Crippen LogP contribution in [0.4, 0.5) is 0 Å². The van der Waals surface area contributed by atoms with Gasteiger partial charge in [0.1, 0.15) is 0 Å². The van der Waals surface area contributed by atoms with Crippen LogP contribution in [0.3, 0.4) is 0 Å². The number of fused-ring (bicyclic) bond motifs is 1. The average molecular weight is 422 g/mol. The largest absolute Gasteiger partial charge is 0.452 e. The number of aryl methyl sites for hydroxylation is 1. The highest BCUT2D eigenvalue weighted by Crippen LogP contribution is 2.29. The molecule has 0 saturated carbocycles. The van der Waals surface area contributed by atoms with Gasteiger partial charge in [0, 0.05) is 6.26 Å². The first-order valence-corrected chi connectivity index (χ1v) is 11.1. The van der Waals surface area contributed by atoms with E-state index >= 15 is 0 Å². The zero-order valence-corrected chi connectivity index (χ0v) is 16.8. The second kappa shape index (κ2) is 8.32. The zero-order valence-electron chi connectivity index (χ0n) is 15.3. The molecule has 2 aromatic rings. The minimum Gasteiger partial charge on any atom is -0.452 e. The lowest BCUT2D eigenvalue weighted by molar-refractivity contribution is -0.125. The third-order valence-corrected chi connectivity index (χ3v) is 6.06. The van der Waals surface area contributed by atoms with Crippen LogP contribution in [0.15, 0.2) is 47.4 Å². The summed E-state index contributed by atoms with van der Waals surface area (Å²) in [6.07, 6.45) is 3.79. The van der Waals surface area contributed by atoms with Gasteiger partial charge in [-0.15, -0.1) is 0 Å². The van der Waals surface area contributed by atoms with Gasteiger partial charge < -0.3 is 10.1 Å². The Kier molecular flexibility index (Phi) is 6.05. The molecule has 0 bridgehead atoms. The highest BCUT2D eigenvalue weighted by atomic mass is 35.5. The van der Waals surface area contributed by atoms with E-state index in [0.717, 1.165) is 37.1 Å².